The second-order valence-corrected chi connectivity index (χ2v) is 34.0. The van der Waals surface area contributed by atoms with Crippen LogP contribution >= 0.6 is 11.8 Å². The van der Waals surface area contributed by atoms with Crippen LogP contribution in [0.3, 0.4) is 0 Å². The van der Waals surface area contributed by atoms with Crippen LogP contribution in [0.2, 0.25) is 0 Å². The van der Waals surface area contributed by atoms with E-state index in [1.165, 1.54) is 81.1 Å². The highest BCUT2D eigenvalue weighted by atomic mass is 32.2. The Bertz CT molecular complexity index is 4870. The Morgan fingerprint density at radius 3 is 1.79 bits per heavy atom. The minimum atomic E-state index is -1.73. The van der Waals surface area contributed by atoms with Gasteiger partial charge >= 0.3 is 5.97 Å². The number of carbonyl (C=O) groups excluding carboxylic acids is 18. The molecule has 3 aliphatic rings. The lowest BCUT2D eigenvalue weighted by molar-refractivity contribution is -0.149. The molecule has 0 spiro atoms. The second-order valence-electron chi connectivity index (χ2n) is 33.0. The number of ether oxygens (including phenoxy) is 1. The van der Waals surface area contributed by atoms with Gasteiger partial charge in [-0.15, -0.1) is 11.8 Å². The number of phenolic OH excluding ortho intramolecular Hbond substituents is 1. The predicted octanol–water partition coefficient (Wildman–Crippen LogP) is -1.86. The molecule has 40 nitrogen and oxygen atoms in total. The van der Waals surface area contributed by atoms with E-state index in [0.29, 0.717) is 70.6 Å². The molecule has 696 valence electrons. The quantitative estimate of drug-likeness (QED) is 0.0338. The topological polar surface area (TPSA) is 572 Å². The molecule has 5 aromatic rings. The fraction of sp³-hybridized carbons (Fsp3) is 0.540. The van der Waals surface area contributed by atoms with Crippen LogP contribution in [-0.4, -0.2) is 297 Å². The van der Waals surface area contributed by atoms with Crippen molar-refractivity contribution in [3.63, 3.8) is 0 Å². The van der Waals surface area contributed by atoms with E-state index in [-0.39, 0.29) is 89.1 Å². The maximum atomic E-state index is 15.8. The average Bonchev–Trinajstić information content (AvgIpc) is 1.70. The largest absolute Gasteiger partial charge is 0.508 e. The number of rotatable bonds is 22. The minimum absolute atomic E-state index is 0.0203. The molecule has 5 heterocycles. The number of aromatic nitrogens is 2. The molecule has 0 bridgehead atoms. The Morgan fingerprint density at radius 1 is 0.578 bits per heavy atom. The van der Waals surface area contributed by atoms with Crippen molar-refractivity contribution >= 4 is 140 Å². The number of primary amides is 2. The number of nitrogens with zero attached hydrogens (tertiary/aromatic N) is 6. The first kappa shape index (κ1) is 101. The number of nitrogens with two attached hydrogens (primary N) is 3. The van der Waals surface area contributed by atoms with Crippen molar-refractivity contribution in [1.29, 1.82) is 0 Å². The number of aromatic amines is 1. The highest BCUT2D eigenvalue weighted by Crippen LogP contribution is 2.28. The molecule has 2 aromatic heterocycles. The van der Waals surface area contributed by atoms with Crippen LogP contribution in [0.4, 0.5) is 0 Å². The first-order chi connectivity index (χ1) is 60.9. The van der Waals surface area contributed by atoms with Crippen molar-refractivity contribution in [2.75, 3.05) is 72.5 Å². The number of esters is 1. The number of carbonyl (C=O) groups is 18. The number of aromatic hydroxyl groups is 1. The number of amides is 17. The fourth-order valence-electron chi connectivity index (χ4n) is 15.8. The highest BCUT2D eigenvalue weighted by molar-refractivity contribution is 8.00. The summed E-state index contributed by atoms with van der Waals surface area (Å²) < 4.78 is 6.64. The number of nitrogens with one attached hydrogen (secondary N) is 11. The van der Waals surface area contributed by atoms with Gasteiger partial charge in [0.1, 0.15) is 90.8 Å². The first-order valence-electron chi connectivity index (χ1n) is 43.1. The summed E-state index contributed by atoms with van der Waals surface area (Å²) in [5.74, 6) is -16.9. The lowest BCUT2D eigenvalue weighted by Crippen LogP contribution is -2.61. The molecule has 41 heteroatoms. The standard InChI is InChI=1S/C87H122N20O20S/c1-11-13-24-66-81(120)96-58(35-48(3)4)80(119)101-64(78(117)92-42-71(90)110)46-128-47-72(111)95-60(36-51-29-31-54(108)32-30-51)84(123)102(7)50(6)76(115)99-62(39-70(89)109)86(125)107-34-20-28-68(107)83(122)100-63(40-88)77(116)93-43-73(112)106-33-19-27-67(106)82(121)97-59(37-52-41-91-57-23-17-15-21-55(52)57)79(118)94-49(5)75(114)98-61(85(124)104(9)69(25-14-12-2)87(126)103(66)8)38-53-44-105(45-74(113)127-10)65-26-18-16-22-56(53)65/h15-18,21-23,26,29-32,41,44,48-50,58-64,66-69,91,108H,11-14,19-20,24-25,27-28,33-40,42-43,45-47,88H2,1-10H3,(H2,89,109)(H2,90,110)(H,92,117)(H,93,116)(H,94,118)(H,95,111)(H,96,120)(H,97,121)(H,98,114)(H,99,115)(H,100,122)(H,101,119)/t49-,50-,58-,59-,60-,61-,62-,63-,64-,66-,67?,68?,69-/m0/s1. The minimum Gasteiger partial charge on any atom is -0.508 e. The van der Waals surface area contributed by atoms with Crippen LogP contribution in [0, 0.1) is 5.92 Å². The number of H-pyrrole nitrogens is 1. The van der Waals surface area contributed by atoms with E-state index in [9.17, 15) is 67.4 Å². The molecular weight excluding hydrogens is 1680 g/mol. The summed E-state index contributed by atoms with van der Waals surface area (Å²) in [6, 6.07) is 0.830. The lowest BCUT2D eigenvalue weighted by atomic mass is 9.99. The van der Waals surface area contributed by atoms with Crippen molar-refractivity contribution in [2.45, 2.75) is 223 Å². The van der Waals surface area contributed by atoms with E-state index in [2.05, 4.69) is 58.2 Å². The summed E-state index contributed by atoms with van der Waals surface area (Å²) in [6.45, 7) is 7.62. The Kier molecular flexibility index (Phi) is 37.6. The van der Waals surface area contributed by atoms with Crippen LogP contribution in [0.5, 0.6) is 5.75 Å². The molecule has 0 radical (unpaired) electrons. The number of unbranched alkanes of at least 4 members (excludes halogenated alkanes) is 2. The Balaban J connectivity index is 1.16. The van der Waals surface area contributed by atoms with Crippen molar-refractivity contribution in [2.24, 2.45) is 23.1 Å². The number of hydrogen-bond donors (Lipinski definition) is 15. The fourth-order valence-corrected chi connectivity index (χ4v) is 16.7. The summed E-state index contributed by atoms with van der Waals surface area (Å²) in [5, 5.41) is 37.8. The Labute approximate surface area is 745 Å². The number of hydrogen-bond acceptors (Lipinski definition) is 22. The molecule has 3 saturated heterocycles. The maximum absolute atomic E-state index is 15.8. The molecule has 0 saturated carbocycles. The van der Waals surface area contributed by atoms with E-state index in [1.807, 2.05) is 13.8 Å². The number of fused-ring (bicyclic) bond motifs is 4. The Hall–Kier alpha value is -12.7. The lowest BCUT2D eigenvalue weighted by Gasteiger charge is -2.36. The van der Waals surface area contributed by atoms with E-state index in [1.54, 1.807) is 79.3 Å². The summed E-state index contributed by atoms with van der Waals surface area (Å²) in [6.07, 6.45) is 4.19. The van der Waals surface area contributed by atoms with Gasteiger partial charge in [-0.05, 0) is 106 Å². The number of methoxy groups -OCH3 is 1. The molecule has 3 aliphatic heterocycles. The van der Waals surface area contributed by atoms with Crippen molar-refractivity contribution in [3.8, 4) is 5.75 Å². The zero-order chi connectivity index (χ0) is 93.9. The van der Waals surface area contributed by atoms with E-state index >= 15 is 24.0 Å². The summed E-state index contributed by atoms with van der Waals surface area (Å²) in [4.78, 5) is 267. The van der Waals surface area contributed by atoms with Gasteiger partial charge in [0.05, 0.1) is 32.4 Å². The monoisotopic (exact) mass is 1800 g/mol. The van der Waals surface area contributed by atoms with Crippen LogP contribution in [0.25, 0.3) is 21.8 Å². The van der Waals surface area contributed by atoms with E-state index < -0.39 is 222 Å². The van der Waals surface area contributed by atoms with Crippen LogP contribution in [0.15, 0.2) is 85.2 Å². The zero-order valence-corrected chi connectivity index (χ0v) is 74.8. The molecule has 3 fully saturated rings. The van der Waals surface area contributed by atoms with Gasteiger partial charge in [0, 0.05) is 100.0 Å². The van der Waals surface area contributed by atoms with Gasteiger partial charge < -0.3 is 114 Å². The van der Waals surface area contributed by atoms with Crippen molar-refractivity contribution in [3.05, 3.63) is 102 Å². The van der Waals surface area contributed by atoms with Crippen LogP contribution < -0.4 is 70.4 Å². The summed E-state index contributed by atoms with van der Waals surface area (Å²) in [7, 11) is 5.21. The molecule has 3 aromatic carbocycles. The predicted molar refractivity (Wildman–Crippen MR) is 471 cm³/mol. The first-order valence-corrected chi connectivity index (χ1v) is 44.2. The summed E-state index contributed by atoms with van der Waals surface area (Å²) >= 11 is 0.797. The molecule has 18 N–H and O–H groups in total. The zero-order valence-electron chi connectivity index (χ0n) is 74.0. The number of likely N-dealkylation sites (N-methyl/N-ethyl adjacent to an activating group) is 3. The molecule has 128 heavy (non-hydrogen) atoms. The smallest absolute Gasteiger partial charge is 0.325 e. The number of phenols is 1. The van der Waals surface area contributed by atoms with Gasteiger partial charge in [-0.2, -0.15) is 0 Å². The van der Waals surface area contributed by atoms with Crippen molar-refractivity contribution < 1.29 is 96.1 Å². The number of para-hydroxylation sites is 2. The third kappa shape index (κ3) is 27.4. The molecule has 0 aliphatic carbocycles. The van der Waals surface area contributed by atoms with Gasteiger partial charge in [-0.3, -0.25) is 86.3 Å². The second kappa shape index (κ2) is 47.8. The van der Waals surface area contributed by atoms with Crippen LogP contribution in [-0.2, 0) is 117 Å². The molecular formula is C87H122N20O20S. The molecule has 13 atom stereocenters. The Morgan fingerprint density at radius 2 is 1.15 bits per heavy atom. The SMILES string of the molecule is CCCC[C@H]1C(=O)N(C)[C@@H](CCCC)C(=O)N[C@@H](CC(C)C)C(=O)N[C@H](C(=O)NCC(N)=O)CSCC(=O)N[C@@H](Cc2ccc(O)cc2)C(=O)N(C)[C@@H](C)C(=O)N[C@@H](CC(N)=O)C(=O)N2CCCC2C(=O)N[C@@H](CN)C(=O)NCC(=O)N2CCCC2C(=O)N[C@@H](Cc2c[nH]c3ccccc23)C(=O)N[C@@H](C)C(=O)N[C@@H](Cc2cn(CC(=O)OC)c3ccccc23)C(=O)N1C. The van der Waals surface area contributed by atoms with Gasteiger partial charge in [-0.1, -0.05) is 102 Å². The third-order valence-corrected chi connectivity index (χ3v) is 24.1. The van der Waals surface area contributed by atoms with Gasteiger partial charge in [0.25, 0.3) is 0 Å². The van der Waals surface area contributed by atoms with Gasteiger partial charge in [0.2, 0.25) is 100 Å². The summed E-state index contributed by atoms with van der Waals surface area (Å²) in [5.41, 5.74) is 19.8. The molecule has 17 amide bonds. The number of benzene rings is 3. The third-order valence-electron chi connectivity index (χ3n) is 23.1. The maximum Gasteiger partial charge on any atom is 0.325 e. The molecule has 8 rings (SSSR count). The van der Waals surface area contributed by atoms with E-state index in [4.69, 9.17) is 21.9 Å². The average molecular weight is 1800 g/mol. The number of thioether (sulfide) groups is 1. The normalized spacial score (nSPS) is 24.3. The highest BCUT2D eigenvalue weighted by Gasteiger charge is 2.44. The van der Waals surface area contributed by atoms with E-state index in [0.717, 1.165) is 21.6 Å². The van der Waals surface area contributed by atoms with Gasteiger partial charge in [-0.25, -0.2) is 0 Å². The van der Waals surface area contributed by atoms with Crippen molar-refractivity contribution in [1.82, 2.24) is 87.2 Å². The molecule has 2 unspecified atom stereocenters. The van der Waals surface area contributed by atoms with Crippen LogP contribution in [0.1, 0.15) is 135 Å². The van der Waals surface area contributed by atoms with Gasteiger partial charge in [0.15, 0.2) is 0 Å².